The number of nitrogens with zero attached hydrogens (tertiary/aromatic N) is 1. The zero-order chi connectivity index (χ0) is 22.6. The number of aryl methyl sites for hydroxylation is 1. The molecular weight excluding hydrogens is 429 g/mol. The largest absolute Gasteiger partial charge is 0.416 e. The number of benzene rings is 2. The number of hydrogen-bond donors (Lipinski definition) is 1. The highest BCUT2D eigenvalue weighted by Crippen LogP contribution is 2.29. The Morgan fingerprint density at radius 1 is 1.03 bits per heavy atom. The van der Waals surface area contributed by atoms with Gasteiger partial charge in [0.1, 0.15) is 0 Å². The standard InChI is InChI=1S/C22H25F3N2O3S/c1-16-9-10-19(31(29,30)27-11-4-2-3-5-12-27)14-20(16)21(28)26-15-17-7-6-8-18(13-17)22(23,24)25/h6-10,13-14H,2-5,11-12,15H2,1H3,(H,26,28). The van der Waals surface area contributed by atoms with Crippen LogP contribution >= 0.6 is 0 Å². The van der Waals surface area contributed by atoms with Gasteiger partial charge in [0.25, 0.3) is 5.91 Å². The van der Waals surface area contributed by atoms with Gasteiger partial charge in [-0.25, -0.2) is 8.42 Å². The molecular formula is C22H25F3N2O3S. The van der Waals surface area contributed by atoms with Crippen LogP contribution in [0.15, 0.2) is 47.4 Å². The molecule has 0 aliphatic carbocycles. The zero-order valence-electron chi connectivity index (χ0n) is 17.2. The normalized spacial score (nSPS) is 16.0. The van der Waals surface area contributed by atoms with Gasteiger partial charge in [-0.2, -0.15) is 17.5 Å². The van der Waals surface area contributed by atoms with Crippen LogP contribution in [0.3, 0.4) is 0 Å². The summed E-state index contributed by atoms with van der Waals surface area (Å²) >= 11 is 0. The lowest BCUT2D eigenvalue weighted by Crippen LogP contribution is -2.32. The number of halogens is 3. The zero-order valence-corrected chi connectivity index (χ0v) is 18.0. The number of rotatable bonds is 5. The van der Waals surface area contributed by atoms with E-state index >= 15 is 0 Å². The van der Waals surface area contributed by atoms with Crippen LogP contribution < -0.4 is 5.32 Å². The van der Waals surface area contributed by atoms with E-state index < -0.39 is 27.7 Å². The Morgan fingerprint density at radius 2 is 1.71 bits per heavy atom. The van der Waals surface area contributed by atoms with Gasteiger partial charge in [-0.3, -0.25) is 4.79 Å². The number of carbonyl (C=O) groups is 1. The smallest absolute Gasteiger partial charge is 0.348 e. The first-order valence-electron chi connectivity index (χ1n) is 10.1. The monoisotopic (exact) mass is 454 g/mol. The second-order valence-electron chi connectivity index (χ2n) is 7.68. The van der Waals surface area contributed by atoms with Crippen molar-refractivity contribution in [2.24, 2.45) is 0 Å². The third-order valence-electron chi connectivity index (χ3n) is 5.36. The summed E-state index contributed by atoms with van der Waals surface area (Å²) in [6.45, 7) is 2.48. The van der Waals surface area contributed by atoms with Gasteiger partial charge < -0.3 is 5.32 Å². The van der Waals surface area contributed by atoms with E-state index in [9.17, 15) is 26.4 Å². The van der Waals surface area contributed by atoms with Crippen molar-refractivity contribution in [1.82, 2.24) is 9.62 Å². The predicted octanol–water partition coefficient (Wildman–Crippen LogP) is 4.51. The van der Waals surface area contributed by atoms with Crippen LogP contribution in [0.5, 0.6) is 0 Å². The van der Waals surface area contributed by atoms with Crippen LogP contribution in [0.25, 0.3) is 0 Å². The first kappa shape index (κ1) is 23.3. The summed E-state index contributed by atoms with van der Waals surface area (Å²) in [4.78, 5) is 12.7. The van der Waals surface area contributed by atoms with Crippen molar-refractivity contribution in [1.29, 1.82) is 0 Å². The summed E-state index contributed by atoms with van der Waals surface area (Å²) in [5, 5.41) is 2.59. The molecule has 0 saturated carbocycles. The average Bonchev–Trinajstić information content (AvgIpc) is 3.02. The first-order chi connectivity index (χ1) is 14.6. The minimum Gasteiger partial charge on any atom is -0.348 e. The van der Waals surface area contributed by atoms with E-state index in [1.165, 1.54) is 28.6 Å². The number of alkyl halides is 3. The van der Waals surface area contributed by atoms with Crippen molar-refractivity contribution in [2.75, 3.05) is 13.1 Å². The number of carbonyl (C=O) groups excluding carboxylic acids is 1. The van der Waals surface area contributed by atoms with Gasteiger partial charge in [0.15, 0.2) is 0 Å². The van der Waals surface area contributed by atoms with E-state index in [2.05, 4.69) is 5.32 Å². The summed E-state index contributed by atoms with van der Waals surface area (Å²) in [5.41, 5.74) is 0.273. The lowest BCUT2D eigenvalue weighted by atomic mass is 10.1. The molecule has 0 bridgehead atoms. The maximum Gasteiger partial charge on any atom is 0.416 e. The molecule has 1 N–H and O–H groups in total. The van der Waals surface area contributed by atoms with E-state index in [0.29, 0.717) is 24.2 Å². The van der Waals surface area contributed by atoms with Crippen LogP contribution in [0.2, 0.25) is 0 Å². The fourth-order valence-corrected chi connectivity index (χ4v) is 5.12. The Morgan fingerprint density at radius 3 is 2.35 bits per heavy atom. The third-order valence-corrected chi connectivity index (χ3v) is 7.26. The first-order valence-corrected chi connectivity index (χ1v) is 11.6. The fraction of sp³-hybridized carbons (Fsp3) is 0.409. The quantitative estimate of drug-likeness (QED) is 0.723. The minimum atomic E-state index is -4.47. The summed E-state index contributed by atoms with van der Waals surface area (Å²) in [7, 11) is -3.72. The van der Waals surface area contributed by atoms with Gasteiger partial charge in [-0.05, 0) is 55.2 Å². The number of amides is 1. The molecule has 3 rings (SSSR count). The summed E-state index contributed by atoms with van der Waals surface area (Å²) in [5.74, 6) is -0.539. The molecule has 0 aromatic heterocycles. The Kier molecular flexibility index (Phi) is 7.06. The minimum absolute atomic E-state index is 0.0456. The predicted molar refractivity (Wildman–Crippen MR) is 111 cm³/mol. The molecule has 5 nitrogen and oxygen atoms in total. The Labute approximate surface area is 180 Å². The van der Waals surface area contributed by atoms with E-state index in [1.54, 1.807) is 13.0 Å². The fourth-order valence-electron chi connectivity index (χ4n) is 3.57. The molecule has 168 valence electrons. The molecule has 1 aliphatic rings. The molecule has 2 aromatic carbocycles. The van der Waals surface area contributed by atoms with E-state index in [-0.39, 0.29) is 17.0 Å². The summed E-state index contributed by atoms with van der Waals surface area (Å²) in [6, 6.07) is 9.12. The second kappa shape index (κ2) is 9.40. The summed E-state index contributed by atoms with van der Waals surface area (Å²) < 4.78 is 66.1. The van der Waals surface area contributed by atoms with Crippen molar-refractivity contribution >= 4 is 15.9 Å². The van der Waals surface area contributed by atoms with Crippen LogP contribution in [0.1, 0.15) is 52.7 Å². The van der Waals surface area contributed by atoms with Gasteiger partial charge in [-0.1, -0.05) is 31.0 Å². The van der Waals surface area contributed by atoms with Gasteiger partial charge in [-0.15, -0.1) is 0 Å². The molecule has 9 heteroatoms. The highest BCUT2D eigenvalue weighted by atomic mass is 32.2. The topological polar surface area (TPSA) is 66.5 Å². The molecule has 1 amide bonds. The van der Waals surface area contributed by atoms with Gasteiger partial charge in [0, 0.05) is 25.2 Å². The summed E-state index contributed by atoms with van der Waals surface area (Å²) in [6.07, 6.45) is -0.885. The Hall–Kier alpha value is -2.39. The van der Waals surface area contributed by atoms with Crippen molar-refractivity contribution in [3.8, 4) is 0 Å². The molecule has 0 unspecified atom stereocenters. The molecule has 0 radical (unpaired) electrons. The van der Waals surface area contributed by atoms with Crippen LogP contribution in [0, 0.1) is 6.92 Å². The van der Waals surface area contributed by atoms with Gasteiger partial charge >= 0.3 is 6.18 Å². The van der Waals surface area contributed by atoms with E-state index in [4.69, 9.17) is 0 Å². The maximum atomic E-state index is 13.0. The molecule has 1 heterocycles. The average molecular weight is 455 g/mol. The molecule has 1 fully saturated rings. The van der Waals surface area contributed by atoms with Crippen LogP contribution in [-0.4, -0.2) is 31.7 Å². The lowest BCUT2D eigenvalue weighted by molar-refractivity contribution is -0.137. The van der Waals surface area contributed by atoms with Crippen molar-refractivity contribution in [3.05, 3.63) is 64.7 Å². The number of hydrogen-bond acceptors (Lipinski definition) is 3. The molecule has 1 saturated heterocycles. The van der Waals surface area contributed by atoms with Gasteiger partial charge in [0.2, 0.25) is 10.0 Å². The van der Waals surface area contributed by atoms with Crippen LogP contribution in [0.4, 0.5) is 13.2 Å². The van der Waals surface area contributed by atoms with Crippen molar-refractivity contribution < 1.29 is 26.4 Å². The van der Waals surface area contributed by atoms with Crippen molar-refractivity contribution in [2.45, 2.75) is 50.2 Å². The molecule has 2 aromatic rings. The van der Waals surface area contributed by atoms with E-state index in [0.717, 1.165) is 37.8 Å². The Balaban J connectivity index is 1.78. The SMILES string of the molecule is Cc1ccc(S(=O)(=O)N2CCCCCC2)cc1C(=O)NCc1cccc(C(F)(F)F)c1. The van der Waals surface area contributed by atoms with Gasteiger partial charge in [0.05, 0.1) is 10.5 Å². The molecule has 1 aliphatic heterocycles. The van der Waals surface area contributed by atoms with Crippen molar-refractivity contribution in [3.63, 3.8) is 0 Å². The lowest BCUT2D eigenvalue weighted by Gasteiger charge is -2.20. The van der Waals surface area contributed by atoms with E-state index in [1.807, 2.05) is 0 Å². The second-order valence-corrected chi connectivity index (χ2v) is 9.61. The number of nitrogens with one attached hydrogen (secondary N) is 1. The Bertz CT molecular complexity index is 1040. The van der Waals surface area contributed by atoms with Crippen LogP contribution in [-0.2, 0) is 22.7 Å². The number of sulfonamides is 1. The molecule has 31 heavy (non-hydrogen) atoms. The third kappa shape index (κ3) is 5.65. The highest BCUT2D eigenvalue weighted by molar-refractivity contribution is 7.89. The molecule has 0 atom stereocenters. The maximum absolute atomic E-state index is 13.0. The highest BCUT2D eigenvalue weighted by Gasteiger charge is 2.30. The molecule has 0 spiro atoms.